The summed E-state index contributed by atoms with van der Waals surface area (Å²) >= 11 is 5.89. The van der Waals surface area contributed by atoms with Crippen LogP contribution in [0.2, 0.25) is 5.02 Å². The highest BCUT2D eigenvalue weighted by atomic mass is 35.5. The van der Waals surface area contributed by atoms with Crippen LogP contribution >= 0.6 is 11.6 Å². The van der Waals surface area contributed by atoms with E-state index in [1.54, 1.807) is 48.4 Å². The molecular weight excluding hydrogens is 420 g/mol. The number of amides is 2. The van der Waals surface area contributed by atoms with Crippen molar-refractivity contribution in [3.63, 3.8) is 0 Å². The molecule has 2 atom stereocenters. The zero-order valence-corrected chi connectivity index (χ0v) is 18.8. The number of aliphatic hydroxyl groups is 1. The van der Waals surface area contributed by atoms with Crippen molar-refractivity contribution < 1.29 is 24.2 Å². The Hall–Kier alpha value is -2.77. The quantitative estimate of drug-likeness (QED) is 0.711. The Bertz CT molecular complexity index is 961. The highest BCUT2D eigenvalue weighted by Gasteiger charge is 2.36. The molecule has 2 aromatic rings. The third-order valence-electron chi connectivity index (χ3n) is 5.43. The van der Waals surface area contributed by atoms with Crippen LogP contribution in [0.15, 0.2) is 36.4 Å². The zero-order valence-electron chi connectivity index (χ0n) is 18.0. The van der Waals surface area contributed by atoms with Crippen molar-refractivity contribution in [3.05, 3.63) is 58.1 Å². The fourth-order valence-corrected chi connectivity index (χ4v) is 3.91. The Balaban J connectivity index is 1.85. The average Bonchev–Trinajstić information content (AvgIpc) is 2.76. The number of carbonyl (C=O) groups excluding carboxylic acids is 2. The first-order valence-electron chi connectivity index (χ1n) is 10.0. The average molecular weight is 447 g/mol. The fraction of sp³-hybridized carbons (Fsp3) is 0.391. The van der Waals surface area contributed by atoms with Crippen molar-refractivity contribution in [1.82, 2.24) is 10.2 Å². The van der Waals surface area contributed by atoms with Crippen molar-refractivity contribution in [1.29, 1.82) is 0 Å². The molecule has 1 aliphatic heterocycles. The lowest BCUT2D eigenvalue weighted by atomic mass is 9.93. The Kier molecular flexibility index (Phi) is 7.08. The molecule has 0 aliphatic carbocycles. The summed E-state index contributed by atoms with van der Waals surface area (Å²) in [4.78, 5) is 27.6. The van der Waals surface area contributed by atoms with Gasteiger partial charge < -0.3 is 24.8 Å². The van der Waals surface area contributed by atoms with Gasteiger partial charge in [0.15, 0.2) is 0 Å². The van der Waals surface area contributed by atoms with E-state index in [9.17, 15) is 14.7 Å². The Morgan fingerprint density at radius 2 is 1.71 bits per heavy atom. The monoisotopic (exact) mass is 446 g/mol. The number of nitrogens with one attached hydrogen (secondary N) is 1. The van der Waals surface area contributed by atoms with Crippen LogP contribution in [0.4, 0.5) is 0 Å². The van der Waals surface area contributed by atoms with Gasteiger partial charge in [0.2, 0.25) is 5.91 Å². The van der Waals surface area contributed by atoms with Gasteiger partial charge >= 0.3 is 0 Å². The third-order valence-corrected chi connectivity index (χ3v) is 5.68. The first-order valence-corrected chi connectivity index (χ1v) is 10.4. The smallest absolute Gasteiger partial charge is 0.251 e. The van der Waals surface area contributed by atoms with Gasteiger partial charge in [0.1, 0.15) is 23.6 Å². The molecular formula is C23H27ClN2O5. The normalized spacial score (nSPS) is 16.5. The SMILES string of the molecule is COc1ccc(OC)c2c1CN(C(=O)[C@H](NC(=O)c1ccc(Cl)cc1)C(C)C)C[C@H]2O. The number of nitrogens with zero attached hydrogens (tertiary/aromatic N) is 1. The zero-order chi connectivity index (χ0) is 22.7. The molecule has 2 amide bonds. The maximum Gasteiger partial charge on any atom is 0.251 e. The van der Waals surface area contributed by atoms with E-state index >= 15 is 0 Å². The number of carbonyl (C=O) groups is 2. The third kappa shape index (κ3) is 4.78. The second kappa shape index (κ2) is 9.58. The number of hydrogen-bond acceptors (Lipinski definition) is 5. The lowest BCUT2D eigenvalue weighted by molar-refractivity contribution is -0.137. The number of rotatable bonds is 6. The highest BCUT2D eigenvalue weighted by Crippen LogP contribution is 2.39. The van der Waals surface area contributed by atoms with E-state index in [4.69, 9.17) is 21.1 Å². The Morgan fingerprint density at radius 1 is 1.10 bits per heavy atom. The van der Waals surface area contributed by atoms with Crippen LogP contribution in [0.3, 0.4) is 0 Å². The molecule has 8 heteroatoms. The molecule has 0 saturated heterocycles. The molecule has 0 saturated carbocycles. The number of β-amino-alcohol motifs (C(OH)–C–C–N with tert-alkyl or cyclic N) is 1. The molecule has 0 aromatic heterocycles. The minimum atomic E-state index is -0.933. The number of halogens is 1. The van der Waals surface area contributed by atoms with Crippen LogP contribution in [0.1, 0.15) is 41.4 Å². The summed E-state index contributed by atoms with van der Waals surface area (Å²) in [5.74, 6) is 0.327. The van der Waals surface area contributed by atoms with E-state index in [2.05, 4.69) is 5.32 Å². The standard InChI is InChI=1S/C23H27ClN2O5/c1-13(2)21(25-22(28)14-5-7-15(24)8-6-14)23(29)26-11-16-18(30-3)9-10-19(31-4)20(16)17(27)12-26/h5-10,13,17,21,27H,11-12H2,1-4H3,(H,25,28)/t17-,21-/m1/s1. The summed E-state index contributed by atoms with van der Waals surface area (Å²) in [7, 11) is 3.08. The van der Waals surface area contributed by atoms with Crippen molar-refractivity contribution in [3.8, 4) is 11.5 Å². The molecule has 166 valence electrons. The van der Waals surface area contributed by atoms with Gasteiger partial charge in [0, 0.05) is 28.3 Å². The maximum atomic E-state index is 13.4. The molecule has 2 N–H and O–H groups in total. The molecule has 3 rings (SSSR count). The van der Waals surface area contributed by atoms with Gasteiger partial charge in [-0.2, -0.15) is 0 Å². The summed E-state index contributed by atoms with van der Waals surface area (Å²) in [5.41, 5.74) is 1.73. The molecule has 0 fully saturated rings. The largest absolute Gasteiger partial charge is 0.496 e. The van der Waals surface area contributed by atoms with Crippen LogP contribution in [0, 0.1) is 5.92 Å². The van der Waals surface area contributed by atoms with E-state index < -0.39 is 12.1 Å². The topological polar surface area (TPSA) is 88.1 Å². The van der Waals surface area contributed by atoms with Crippen LogP contribution in [-0.4, -0.2) is 48.6 Å². The number of methoxy groups -OCH3 is 2. The van der Waals surface area contributed by atoms with E-state index in [1.165, 1.54) is 7.11 Å². The van der Waals surface area contributed by atoms with Gasteiger partial charge in [-0.1, -0.05) is 25.4 Å². The van der Waals surface area contributed by atoms with Gasteiger partial charge in [-0.25, -0.2) is 0 Å². The van der Waals surface area contributed by atoms with E-state index in [-0.39, 0.29) is 30.8 Å². The number of aliphatic hydroxyl groups excluding tert-OH is 1. The van der Waals surface area contributed by atoms with Gasteiger partial charge in [-0.05, 0) is 42.3 Å². The van der Waals surface area contributed by atoms with E-state index in [0.717, 1.165) is 0 Å². The second-order valence-corrected chi connectivity index (χ2v) is 8.24. The van der Waals surface area contributed by atoms with Crippen LogP contribution in [-0.2, 0) is 11.3 Å². The molecule has 0 unspecified atom stereocenters. The summed E-state index contributed by atoms with van der Waals surface area (Å²) in [5, 5.41) is 14.1. The van der Waals surface area contributed by atoms with Crippen molar-refractivity contribution in [2.75, 3.05) is 20.8 Å². The summed E-state index contributed by atoms with van der Waals surface area (Å²) in [6.45, 7) is 4.06. The molecule has 0 spiro atoms. The van der Waals surface area contributed by atoms with E-state index in [0.29, 0.717) is 33.2 Å². The van der Waals surface area contributed by atoms with Crippen molar-refractivity contribution in [2.24, 2.45) is 5.92 Å². The molecule has 2 aromatic carbocycles. The van der Waals surface area contributed by atoms with Crippen molar-refractivity contribution in [2.45, 2.75) is 32.5 Å². The highest BCUT2D eigenvalue weighted by molar-refractivity contribution is 6.30. The van der Waals surface area contributed by atoms with Crippen LogP contribution in [0.5, 0.6) is 11.5 Å². The molecule has 7 nitrogen and oxygen atoms in total. The predicted molar refractivity (Wildman–Crippen MR) is 117 cm³/mol. The van der Waals surface area contributed by atoms with Crippen LogP contribution in [0.25, 0.3) is 0 Å². The summed E-state index contributed by atoms with van der Waals surface area (Å²) in [6.07, 6.45) is -0.933. The summed E-state index contributed by atoms with van der Waals surface area (Å²) < 4.78 is 10.8. The minimum Gasteiger partial charge on any atom is -0.496 e. The minimum absolute atomic E-state index is 0.0927. The van der Waals surface area contributed by atoms with Crippen LogP contribution < -0.4 is 14.8 Å². The Labute approximate surface area is 186 Å². The summed E-state index contributed by atoms with van der Waals surface area (Å²) in [6, 6.07) is 9.20. The first kappa shape index (κ1) is 22.9. The number of benzene rings is 2. The lowest BCUT2D eigenvalue weighted by Crippen LogP contribution is -2.52. The van der Waals surface area contributed by atoms with Gasteiger partial charge in [0.25, 0.3) is 5.91 Å². The fourth-order valence-electron chi connectivity index (χ4n) is 3.78. The van der Waals surface area contributed by atoms with Crippen molar-refractivity contribution >= 4 is 23.4 Å². The number of hydrogen-bond donors (Lipinski definition) is 2. The number of ether oxygens (including phenoxy) is 2. The Morgan fingerprint density at radius 3 is 2.29 bits per heavy atom. The second-order valence-electron chi connectivity index (χ2n) is 7.80. The number of fused-ring (bicyclic) bond motifs is 1. The lowest BCUT2D eigenvalue weighted by Gasteiger charge is -2.36. The van der Waals surface area contributed by atoms with Gasteiger partial charge in [-0.15, -0.1) is 0 Å². The van der Waals surface area contributed by atoms with E-state index in [1.807, 2.05) is 13.8 Å². The maximum absolute atomic E-state index is 13.4. The molecule has 31 heavy (non-hydrogen) atoms. The predicted octanol–water partition coefficient (Wildman–Crippen LogP) is 3.19. The molecule has 1 aliphatic rings. The van der Waals surface area contributed by atoms with Gasteiger partial charge in [-0.3, -0.25) is 9.59 Å². The molecule has 0 radical (unpaired) electrons. The van der Waals surface area contributed by atoms with Gasteiger partial charge in [0.05, 0.1) is 20.8 Å². The molecule has 1 heterocycles. The molecule has 0 bridgehead atoms. The first-order chi connectivity index (χ1) is 14.8.